The van der Waals surface area contributed by atoms with Gasteiger partial charge in [0.15, 0.2) is 0 Å². The Hall–Kier alpha value is -2.90. The molecular formula is C13H14N4O4. The summed E-state index contributed by atoms with van der Waals surface area (Å²) in [5, 5.41) is 13.9. The van der Waals surface area contributed by atoms with Gasteiger partial charge in [-0.2, -0.15) is 4.98 Å². The van der Waals surface area contributed by atoms with Crippen LogP contribution in [0.5, 0.6) is 17.4 Å². The summed E-state index contributed by atoms with van der Waals surface area (Å²) in [5.41, 5.74) is -0.0346. The maximum atomic E-state index is 11.1. The summed E-state index contributed by atoms with van der Waals surface area (Å²) in [4.78, 5) is 18.5. The number of nitro groups is 1. The van der Waals surface area contributed by atoms with Gasteiger partial charge in [0.2, 0.25) is 5.95 Å². The van der Waals surface area contributed by atoms with Gasteiger partial charge in [-0.05, 0) is 31.2 Å². The molecular weight excluding hydrogens is 276 g/mol. The van der Waals surface area contributed by atoms with E-state index in [0.717, 1.165) is 0 Å². The van der Waals surface area contributed by atoms with Crippen molar-refractivity contribution in [1.29, 1.82) is 0 Å². The van der Waals surface area contributed by atoms with Crippen LogP contribution in [0.1, 0.15) is 5.69 Å². The second-order valence-electron chi connectivity index (χ2n) is 4.07. The number of methoxy groups -OCH3 is 1. The van der Waals surface area contributed by atoms with Crippen molar-refractivity contribution in [3.8, 4) is 17.4 Å². The van der Waals surface area contributed by atoms with Crippen LogP contribution in [0.2, 0.25) is 0 Å². The zero-order chi connectivity index (χ0) is 15.4. The smallest absolute Gasteiger partial charge is 0.352 e. The molecule has 0 radical (unpaired) electrons. The summed E-state index contributed by atoms with van der Waals surface area (Å²) in [6, 6.07) is 6.65. The molecule has 8 heteroatoms. The number of aryl methyl sites for hydroxylation is 1. The number of anilines is 1. The van der Waals surface area contributed by atoms with Gasteiger partial charge in [0.25, 0.3) is 0 Å². The van der Waals surface area contributed by atoms with Gasteiger partial charge in [0.05, 0.1) is 12.0 Å². The summed E-state index contributed by atoms with van der Waals surface area (Å²) >= 11 is 0. The van der Waals surface area contributed by atoms with E-state index < -0.39 is 4.92 Å². The van der Waals surface area contributed by atoms with Gasteiger partial charge in [-0.25, -0.2) is 4.98 Å². The van der Waals surface area contributed by atoms with E-state index >= 15 is 0 Å². The van der Waals surface area contributed by atoms with Crippen molar-refractivity contribution >= 4 is 11.6 Å². The van der Waals surface area contributed by atoms with Gasteiger partial charge in [-0.15, -0.1) is 0 Å². The van der Waals surface area contributed by atoms with Gasteiger partial charge in [-0.1, -0.05) is 0 Å². The largest absolute Gasteiger partial charge is 0.497 e. The lowest BCUT2D eigenvalue weighted by Gasteiger charge is -2.09. The lowest BCUT2D eigenvalue weighted by molar-refractivity contribution is -0.386. The number of ether oxygens (including phenoxy) is 2. The first-order valence-electron chi connectivity index (χ1n) is 6.08. The fraction of sp³-hybridized carbons (Fsp3) is 0.231. The van der Waals surface area contributed by atoms with Crippen LogP contribution in [-0.2, 0) is 0 Å². The molecule has 110 valence electrons. The van der Waals surface area contributed by atoms with Crippen LogP contribution in [0, 0.1) is 17.0 Å². The number of aromatic nitrogens is 2. The third-order valence-electron chi connectivity index (χ3n) is 2.71. The van der Waals surface area contributed by atoms with Crippen LogP contribution in [0.4, 0.5) is 11.6 Å². The maximum Gasteiger partial charge on any atom is 0.352 e. The highest BCUT2D eigenvalue weighted by molar-refractivity contribution is 5.50. The summed E-state index contributed by atoms with van der Waals surface area (Å²) in [5.74, 6) is 1.22. The Morgan fingerprint density at radius 2 is 1.81 bits per heavy atom. The van der Waals surface area contributed by atoms with Crippen LogP contribution in [-0.4, -0.2) is 29.0 Å². The second kappa shape index (κ2) is 6.04. The lowest BCUT2D eigenvalue weighted by Crippen LogP contribution is -2.05. The van der Waals surface area contributed by atoms with E-state index in [2.05, 4.69) is 15.3 Å². The molecule has 21 heavy (non-hydrogen) atoms. The molecule has 2 aromatic rings. The molecule has 2 rings (SSSR count). The Kier molecular flexibility index (Phi) is 4.17. The van der Waals surface area contributed by atoms with E-state index in [1.165, 1.54) is 6.92 Å². The standard InChI is InChI=1S/C13H14N4O4/c1-8-11(17(18)19)12(16-13(14-2)15-8)21-10-6-4-9(20-3)5-7-10/h4-7H,1-3H3,(H,14,15,16). The molecule has 0 saturated carbocycles. The quantitative estimate of drug-likeness (QED) is 0.667. The topological polar surface area (TPSA) is 99.4 Å². The molecule has 0 aliphatic carbocycles. The first kappa shape index (κ1) is 14.5. The van der Waals surface area contributed by atoms with Crippen molar-refractivity contribution in [3.05, 3.63) is 40.1 Å². The third-order valence-corrected chi connectivity index (χ3v) is 2.71. The Labute approximate surface area is 120 Å². The summed E-state index contributed by atoms with van der Waals surface area (Å²) in [6.45, 7) is 1.53. The van der Waals surface area contributed by atoms with Crippen molar-refractivity contribution in [1.82, 2.24) is 9.97 Å². The molecule has 0 aliphatic rings. The molecule has 0 bridgehead atoms. The molecule has 0 fully saturated rings. The average molecular weight is 290 g/mol. The van der Waals surface area contributed by atoms with Crippen LogP contribution in [0.25, 0.3) is 0 Å². The van der Waals surface area contributed by atoms with Crippen molar-refractivity contribution in [2.24, 2.45) is 0 Å². The van der Waals surface area contributed by atoms with Crippen molar-refractivity contribution in [2.45, 2.75) is 6.92 Å². The second-order valence-corrected chi connectivity index (χ2v) is 4.07. The number of nitrogens with one attached hydrogen (secondary N) is 1. The molecule has 1 aromatic heterocycles. The van der Waals surface area contributed by atoms with Crippen LogP contribution < -0.4 is 14.8 Å². The Morgan fingerprint density at radius 1 is 1.19 bits per heavy atom. The predicted molar refractivity (Wildman–Crippen MR) is 76.0 cm³/mol. The molecule has 0 spiro atoms. The summed E-state index contributed by atoms with van der Waals surface area (Å²) in [6.07, 6.45) is 0. The normalized spacial score (nSPS) is 10.0. The maximum absolute atomic E-state index is 11.1. The number of benzene rings is 1. The average Bonchev–Trinajstić information content (AvgIpc) is 2.47. The van der Waals surface area contributed by atoms with Crippen molar-refractivity contribution in [2.75, 3.05) is 19.5 Å². The molecule has 1 heterocycles. The summed E-state index contributed by atoms with van der Waals surface area (Å²) < 4.78 is 10.5. The molecule has 1 aromatic carbocycles. The molecule has 8 nitrogen and oxygen atoms in total. The zero-order valence-corrected chi connectivity index (χ0v) is 11.8. The molecule has 0 amide bonds. The van der Waals surface area contributed by atoms with Gasteiger partial charge in [-0.3, -0.25) is 10.1 Å². The fourth-order valence-corrected chi connectivity index (χ4v) is 1.69. The number of hydrogen-bond donors (Lipinski definition) is 1. The fourth-order valence-electron chi connectivity index (χ4n) is 1.69. The lowest BCUT2D eigenvalue weighted by atomic mass is 10.3. The molecule has 0 atom stereocenters. The first-order valence-corrected chi connectivity index (χ1v) is 6.08. The monoisotopic (exact) mass is 290 g/mol. The highest BCUT2D eigenvalue weighted by atomic mass is 16.6. The first-order chi connectivity index (χ1) is 10.0. The minimum Gasteiger partial charge on any atom is -0.497 e. The molecule has 0 saturated heterocycles. The predicted octanol–water partition coefficient (Wildman–Crippen LogP) is 2.54. The molecule has 0 aliphatic heterocycles. The Bertz CT molecular complexity index is 658. The van der Waals surface area contributed by atoms with E-state index in [0.29, 0.717) is 11.5 Å². The SMILES string of the molecule is CNc1nc(C)c([N+](=O)[O-])c(Oc2ccc(OC)cc2)n1. The van der Waals surface area contributed by atoms with E-state index in [9.17, 15) is 10.1 Å². The number of nitrogens with zero attached hydrogens (tertiary/aromatic N) is 3. The van der Waals surface area contributed by atoms with Gasteiger partial charge < -0.3 is 14.8 Å². The molecule has 1 N–H and O–H groups in total. The highest BCUT2D eigenvalue weighted by Crippen LogP contribution is 2.32. The third kappa shape index (κ3) is 3.16. The number of rotatable bonds is 5. The van der Waals surface area contributed by atoms with Gasteiger partial charge >= 0.3 is 11.6 Å². The zero-order valence-electron chi connectivity index (χ0n) is 11.8. The Balaban J connectivity index is 2.41. The van der Waals surface area contributed by atoms with Gasteiger partial charge in [0.1, 0.15) is 17.2 Å². The Morgan fingerprint density at radius 3 is 2.33 bits per heavy atom. The minimum absolute atomic E-state index is 0.109. The van der Waals surface area contributed by atoms with E-state index in [1.807, 2.05) is 0 Å². The van der Waals surface area contributed by atoms with Crippen molar-refractivity contribution in [3.63, 3.8) is 0 Å². The van der Waals surface area contributed by atoms with Crippen LogP contribution in [0.15, 0.2) is 24.3 Å². The molecule has 0 unspecified atom stereocenters. The highest BCUT2D eigenvalue weighted by Gasteiger charge is 2.24. The van der Waals surface area contributed by atoms with E-state index in [1.54, 1.807) is 38.4 Å². The minimum atomic E-state index is -0.562. The van der Waals surface area contributed by atoms with Crippen molar-refractivity contribution < 1.29 is 14.4 Å². The van der Waals surface area contributed by atoms with E-state index in [4.69, 9.17) is 9.47 Å². The van der Waals surface area contributed by atoms with Crippen LogP contribution >= 0.6 is 0 Å². The number of hydrogen-bond acceptors (Lipinski definition) is 7. The van der Waals surface area contributed by atoms with Gasteiger partial charge in [0, 0.05) is 7.05 Å². The van der Waals surface area contributed by atoms with E-state index in [-0.39, 0.29) is 23.2 Å². The summed E-state index contributed by atoms with van der Waals surface area (Å²) in [7, 11) is 3.17. The van der Waals surface area contributed by atoms with Crippen LogP contribution in [0.3, 0.4) is 0 Å².